The molecule has 0 radical (unpaired) electrons. The van der Waals surface area contributed by atoms with Crippen LogP contribution in [0.5, 0.6) is 0 Å². The molecule has 0 aliphatic rings. The van der Waals surface area contributed by atoms with Gasteiger partial charge in [-0.25, -0.2) is 0 Å². The van der Waals surface area contributed by atoms with Crippen molar-refractivity contribution < 1.29 is 9.53 Å². The predicted molar refractivity (Wildman–Crippen MR) is 70.1 cm³/mol. The molecular formula is C14H19ClO2. The highest BCUT2D eigenvalue weighted by molar-refractivity contribution is 6.17. The number of unbranched alkanes of at least 4 members (excludes halogenated alkanes) is 1. The molecule has 17 heavy (non-hydrogen) atoms. The number of halogens is 1. The zero-order valence-electron chi connectivity index (χ0n) is 10.2. The largest absolute Gasteiger partial charge is 0.457 e. The molecule has 0 fully saturated rings. The van der Waals surface area contributed by atoms with E-state index in [0.29, 0.717) is 18.7 Å². The number of ether oxygens (including phenoxy) is 1. The van der Waals surface area contributed by atoms with Crippen LogP contribution in [0.25, 0.3) is 0 Å². The Balaban J connectivity index is 2.57. The molecule has 0 spiro atoms. The molecule has 0 aromatic heterocycles. The monoisotopic (exact) mass is 254 g/mol. The third kappa shape index (κ3) is 5.22. The van der Waals surface area contributed by atoms with Crippen LogP contribution < -0.4 is 0 Å². The van der Waals surface area contributed by atoms with Crippen molar-refractivity contribution in [3.8, 4) is 0 Å². The van der Waals surface area contributed by atoms with Crippen molar-refractivity contribution in [2.24, 2.45) is 0 Å². The molecule has 0 saturated carbocycles. The molecule has 1 aromatic rings. The van der Waals surface area contributed by atoms with Gasteiger partial charge in [0.1, 0.15) is 6.10 Å². The summed E-state index contributed by atoms with van der Waals surface area (Å²) in [4.78, 5) is 11.6. The third-order valence-electron chi connectivity index (χ3n) is 2.55. The van der Waals surface area contributed by atoms with Crippen molar-refractivity contribution in [1.82, 2.24) is 0 Å². The molecule has 0 saturated heterocycles. The summed E-state index contributed by atoms with van der Waals surface area (Å²) in [6.45, 7) is 2.06. The molecule has 0 heterocycles. The third-order valence-corrected chi connectivity index (χ3v) is 2.77. The molecule has 0 N–H and O–H groups in total. The highest BCUT2D eigenvalue weighted by atomic mass is 35.5. The SMILES string of the molecule is CCCCC(=O)OC(CCCl)c1ccccc1. The Morgan fingerprint density at radius 3 is 2.65 bits per heavy atom. The Hall–Kier alpha value is -1.02. The van der Waals surface area contributed by atoms with Gasteiger partial charge < -0.3 is 4.74 Å². The molecule has 2 nitrogen and oxygen atoms in total. The van der Waals surface area contributed by atoms with Gasteiger partial charge in [0, 0.05) is 18.7 Å². The molecule has 1 aromatic carbocycles. The van der Waals surface area contributed by atoms with Crippen LogP contribution in [0.1, 0.15) is 44.3 Å². The lowest BCUT2D eigenvalue weighted by Crippen LogP contribution is -2.11. The summed E-state index contributed by atoms with van der Waals surface area (Å²) >= 11 is 5.74. The first-order valence-corrected chi connectivity index (χ1v) is 6.61. The van der Waals surface area contributed by atoms with Crippen LogP contribution in [-0.4, -0.2) is 11.8 Å². The van der Waals surface area contributed by atoms with Crippen molar-refractivity contribution in [2.45, 2.75) is 38.7 Å². The summed E-state index contributed by atoms with van der Waals surface area (Å²) in [5, 5.41) is 0. The first-order chi connectivity index (χ1) is 8.27. The lowest BCUT2D eigenvalue weighted by molar-refractivity contribution is -0.149. The van der Waals surface area contributed by atoms with Crippen LogP contribution in [0, 0.1) is 0 Å². The Labute approximate surface area is 108 Å². The van der Waals surface area contributed by atoms with Crippen molar-refractivity contribution in [2.75, 3.05) is 5.88 Å². The van der Waals surface area contributed by atoms with E-state index in [9.17, 15) is 4.79 Å². The van der Waals surface area contributed by atoms with Crippen LogP contribution in [0.15, 0.2) is 30.3 Å². The van der Waals surface area contributed by atoms with Crippen LogP contribution in [0.3, 0.4) is 0 Å². The second-order valence-electron chi connectivity index (χ2n) is 3.97. The minimum atomic E-state index is -0.210. The van der Waals surface area contributed by atoms with Crippen molar-refractivity contribution in [1.29, 1.82) is 0 Å². The molecule has 1 unspecified atom stereocenters. The lowest BCUT2D eigenvalue weighted by Gasteiger charge is -2.17. The molecule has 1 atom stereocenters. The summed E-state index contributed by atoms with van der Waals surface area (Å²) in [5.74, 6) is 0.353. The second kappa shape index (κ2) is 8.13. The van der Waals surface area contributed by atoms with Gasteiger partial charge in [-0.1, -0.05) is 43.7 Å². The Bertz CT molecular complexity index is 324. The fraction of sp³-hybridized carbons (Fsp3) is 0.500. The maximum absolute atomic E-state index is 11.6. The van der Waals surface area contributed by atoms with Crippen molar-refractivity contribution in [3.05, 3.63) is 35.9 Å². The van der Waals surface area contributed by atoms with Gasteiger partial charge in [0.05, 0.1) is 0 Å². The standard InChI is InChI=1S/C14H19ClO2/c1-2-3-9-14(16)17-13(10-11-15)12-7-5-4-6-8-12/h4-8,13H,2-3,9-11H2,1H3. The maximum Gasteiger partial charge on any atom is 0.306 e. The molecule has 0 aliphatic carbocycles. The second-order valence-corrected chi connectivity index (χ2v) is 4.35. The summed E-state index contributed by atoms with van der Waals surface area (Å²) < 4.78 is 5.46. The van der Waals surface area contributed by atoms with Crippen LogP contribution >= 0.6 is 11.6 Å². The molecule has 0 amide bonds. The highest BCUT2D eigenvalue weighted by Crippen LogP contribution is 2.22. The van der Waals surface area contributed by atoms with Gasteiger partial charge in [-0.15, -0.1) is 11.6 Å². The highest BCUT2D eigenvalue weighted by Gasteiger charge is 2.15. The summed E-state index contributed by atoms with van der Waals surface area (Å²) in [6.07, 6.45) is 2.81. The van der Waals surface area contributed by atoms with E-state index in [4.69, 9.17) is 16.3 Å². The number of benzene rings is 1. The van der Waals surface area contributed by atoms with Crippen molar-refractivity contribution in [3.63, 3.8) is 0 Å². The fourth-order valence-corrected chi connectivity index (χ4v) is 1.80. The van der Waals surface area contributed by atoms with E-state index in [1.165, 1.54) is 0 Å². The molecular weight excluding hydrogens is 236 g/mol. The van der Waals surface area contributed by atoms with E-state index >= 15 is 0 Å². The van der Waals surface area contributed by atoms with E-state index in [1.54, 1.807) is 0 Å². The number of hydrogen-bond donors (Lipinski definition) is 0. The van der Waals surface area contributed by atoms with Gasteiger partial charge in [-0.3, -0.25) is 4.79 Å². The molecule has 94 valence electrons. The minimum Gasteiger partial charge on any atom is -0.457 e. The summed E-state index contributed by atoms with van der Waals surface area (Å²) in [7, 11) is 0. The number of hydrogen-bond acceptors (Lipinski definition) is 2. The predicted octanol–water partition coefficient (Wildman–Crippen LogP) is 4.09. The number of carbonyl (C=O) groups excluding carboxylic acids is 1. The van der Waals surface area contributed by atoms with Gasteiger partial charge in [-0.05, 0) is 12.0 Å². The van der Waals surface area contributed by atoms with Gasteiger partial charge >= 0.3 is 5.97 Å². The Kier molecular flexibility index (Phi) is 6.71. The number of alkyl halides is 1. The Morgan fingerprint density at radius 1 is 1.35 bits per heavy atom. The minimum absolute atomic E-state index is 0.134. The maximum atomic E-state index is 11.6. The zero-order valence-corrected chi connectivity index (χ0v) is 11.0. The van der Waals surface area contributed by atoms with Crippen LogP contribution in [0.4, 0.5) is 0 Å². The average molecular weight is 255 g/mol. The van der Waals surface area contributed by atoms with Crippen molar-refractivity contribution >= 4 is 17.6 Å². The zero-order chi connectivity index (χ0) is 12.5. The van der Waals surface area contributed by atoms with E-state index in [-0.39, 0.29) is 12.1 Å². The normalized spacial score (nSPS) is 12.1. The molecule has 3 heteroatoms. The lowest BCUT2D eigenvalue weighted by atomic mass is 10.1. The number of esters is 1. The van der Waals surface area contributed by atoms with Gasteiger partial charge in [0.25, 0.3) is 0 Å². The topological polar surface area (TPSA) is 26.3 Å². The number of carbonyl (C=O) groups is 1. The van der Waals surface area contributed by atoms with Crippen LogP contribution in [0.2, 0.25) is 0 Å². The van der Waals surface area contributed by atoms with E-state index < -0.39 is 0 Å². The first kappa shape index (κ1) is 14.0. The molecule has 1 rings (SSSR count). The first-order valence-electron chi connectivity index (χ1n) is 6.08. The number of rotatable bonds is 7. The Morgan fingerprint density at radius 2 is 2.06 bits per heavy atom. The van der Waals surface area contributed by atoms with Gasteiger partial charge in [0.15, 0.2) is 0 Å². The van der Waals surface area contributed by atoms with Crippen LogP contribution in [-0.2, 0) is 9.53 Å². The van der Waals surface area contributed by atoms with E-state index in [0.717, 1.165) is 18.4 Å². The fourth-order valence-electron chi connectivity index (χ4n) is 1.60. The van der Waals surface area contributed by atoms with Gasteiger partial charge in [0.2, 0.25) is 0 Å². The quantitative estimate of drug-likeness (QED) is 0.541. The molecule has 0 bridgehead atoms. The smallest absolute Gasteiger partial charge is 0.306 e. The average Bonchev–Trinajstić information content (AvgIpc) is 2.37. The molecule has 0 aliphatic heterocycles. The summed E-state index contributed by atoms with van der Waals surface area (Å²) in [6, 6.07) is 9.75. The van der Waals surface area contributed by atoms with E-state index in [1.807, 2.05) is 30.3 Å². The van der Waals surface area contributed by atoms with Gasteiger partial charge in [-0.2, -0.15) is 0 Å². The summed E-state index contributed by atoms with van der Waals surface area (Å²) in [5.41, 5.74) is 1.01. The van der Waals surface area contributed by atoms with E-state index in [2.05, 4.69) is 6.92 Å².